The highest BCUT2D eigenvalue weighted by molar-refractivity contribution is 5.98. The zero-order chi connectivity index (χ0) is 17.8. The summed E-state index contributed by atoms with van der Waals surface area (Å²) in [4.78, 5) is 12.8. The van der Waals surface area contributed by atoms with E-state index >= 15 is 0 Å². The molecule has 1 unspecified atom stereocenters. The molecule has 1 aromatic heterocycles. The van der Waals surface area contributed by atoms with Crippen molar-refractivity contribution in [3.05, 3.63) is 66.4 Å². The van der Waals surface area contributed by atoms with E-state index in [1.165, 1.54) is 0 Å². The number of rotatable bonds is 5. The van der Waals surface area contributed by atoms with Gasteiger partial charge in [-0.2, -0.15) is 0 Å². The van der Waals surface area contributed by atoms with Gasteiger partial charge in [0.25, 0.3) is 5.91 Å². The van der Waals surface area contributed by atoms with Gasteiger partial charge in [-0.15, -0.1) is 5.10 Å². The van der Waals surface area contributed by atoms with Gasteiger partial charge in [-0.1, -0.05) is 53.7 Å². The van der Waals surface area contributed by atoms with Crippen LogP contribution in [0.1, 0.15) is 23.3 Å². The van der Waals surface area contributed by atoms with Crippen LogP contribution in [0.2, 0.25) is 0 Å². The van der Waals surface area contributed by atoms with Gasteiger partial charge in [0.15, 0.2) is 5.69 Å². The van der Waals surface area contributed by atoms with Gasteiger partial charge in [0.2, 0.25) is 0 Å². The lowest BCUT2D eigenvalue weighted by atomic mass is 10.1. The monoisotopic (exact) mass is 348 g/mol. The van der Waals surface area contributed by atoms with Crippen molar-refractivity contribution in [2.24, 2.45) is 0 Å². The number of benzene rings is 2. The molecule has 6 nitrogen and oxygen atoms in total. The largest absolute Gasteiger partial charge is 0.376 e. The first kappa shape index (κ1) is 16.5. The molecule has 1 N–H and O–H groups in total. The number of hydrogen-bond donors (Lipinski definition) is 1. The van der Waals surface area contributed by atoms with Crippen molar-refractivity contribution in [1.29, 1.82) is 0 Å². The molecule has 132 valence electrons. The third kappa shape index (κ3) is 3.36. The summed E-state index contributed by atoms with van der Waals surface area (Å²) >= 11 is 0. The summed E-state index contributed by atoms with van der Waals surface area (Å²) in [5, 5.41) is 11.3. The topological polar surface area (TPSA) is 69.0 Å². The summed E-state index contributed by atoms with van der Waals surface area (Å²) in [5.74, 6) is -0.235. The number of carbonyl (C=O) groups excluding carboxylic acids is 1. The highest BCUT2D eigenvalue weighted by Crippen LogP contribution is 2.25. The molecular formula is C20H20N4O2. The molecule has 0 radical (unpaired) electrons. The normalized spacial score (nSPS) is 16.5. The van der Waals surface area contributed by atoms with E-state index in [1.807, 2.05) is 60.7 Å². The van der Waals surface area contributed by atoms with Crippen LogP contribution in [0.15, 0.2) is 60.7 Å². The average Bonchev–Trinajstić information content (AvgIpc) is 3.37. The maximum absolute atomic E-state index is 12.8. The summed E-state index contributed by atoms with van der Waals surface area (Å²) in [6.45, 7) is 1.26. The van der Waals surface area contributed by atoms with Crippen LogP contribution in [0, 0.1) is 0 Å². The molecule has 0 bridgehead atoms. The molecule has 6 heteroatoms. The highest BCUT2D eigenvalue weighted by Gasteiger charge is 2.23. The number of amides is 1. The molecule has 2 heterocycles. The molecule has 1 amide bonds. The Balaban J connectivity index is 1.68. The summed E-state index contributed by atoms with van der Waals surface area (Å²) in [5.41, 5.74) is 2.75. The Morgan fingerprint density at radius 2 is 1.85 bits per heavy atom. The lowest BCUT2D eigenvalue weighted by molar-refractivity contribution is 0.0854. The minimum absolute atomic E-state index is 0.0864. The fourth-order valence-corrected chi connectivity index (χ4v) is 3.14. The predicted molar refractivity (Wildman–Crippen MR) is 98.1 cm³/mol. The molecule has 1 saturated heterocycles. The van der Waals surface area contributed by atoms with Crippen molar-refractivity contribution in [2.45, 2.75) is 18.9 Å². The third-order valence-electron chi connectivity index (χ3n) is 4.45. The summed E-state index contributed by atoms with van der Waals surface area (Å²) in [7, 11) is 0. The molecule has 2 aromatic carbocycles. The van der Waals surface area contributed by atoms with Crippen molar-refractivity contribution >= 4 is 5.91 Å². The number of carbonyl (C=O) groups is 1. The number of nitrogens with zero attached hydrogens (tertiary/aromatic N) is 3. The van der Waals surface area contributed by atoms with E-state index in [1.54, 1.807) is 4.68 Å². The van der Waals surface area contributed by atoms with E-state index < -0.39 is 0 Å². The third-order valence-corrected chi connectivity index (χ3v) is 4.45. The van der Waals surface area contributed by atoms with Crippen LogP contribution in [0.3, 0.4) is 0 Å². The zero-order valence-electron chi connectivity index (χ0n) is 14.3. The van der Waals surface area contributed by atoms with Gasteiger partial charge in [0.05, 0.1) is 11.8 Å². The second-order valence-electron chi connectivity index (χ2n) is 6.25. The number of aromatic nitrogens is 3. The van der Waals surface area contributed by atoms with E-state index in [0.29, 0.717) is 17.9 Å². The first-order valence-electron chi connectivity index (χ1n) is 8.79. The van der Waals surface area contributed by atoms with Gasteiger partial charge in [0, 0.05) is 18.7 Å². The summed E-state index contributed by atoms with van der Waals surface area (Å²) < 4.78 is 7.28. The lowest BCUT2D eigenvalue weighted by Crippen LogP contribution is -2.32. The average molecular weight is 348 g/mol. The van der Waals surface area contributed by atoms with Crippen LogP contribution in [-0.4, -0.2) is 40.2 Å². The minimum Gasteiger partial charge on any atom is -0.376 e. The molecule has 1 aliphatic rings. The van der Waals surface area contributed by atoms with Crippen LogP contribution < -0.4 is 5.32 Å². The van der Waals surface area contributed by atoms with E-state index in [2.05, 4.69) is 15.6 Å². The standard InChI is InChI=1S/C20H20N4O2/c25-20(21-14-17-12-7-13-26-17)18-19(15-8-3-1-4-9-15)24(23-22-18)16-10-5-2-6-11-16/h1-6,8-11,17H,7,12-14H2,(H,21,25). The fourth-order valence-electron chi connectivity index (χ4n) is 3.14. The first-order chi connectivity index (χ1) is 12.8. The van der Waals surface area contributed by atoms with Crippen LogP contribution in [-0.2, 0) is 4.74 Å². The van der Waals surface area contributed by atoms with E-state index in [4.69, 9.17) is 4.74 Å². The zero-order valence-corrected chi connectivity index (χ0v) is 14.3. The van der Waals surface area contributed by atoms with E-state index in [-0.39, 0.29) is 12.0 Å². The van der Waals surface area contributed by atoms with Gasteiger partial charge in [-0.3, -0.25) is 4.79 Å². The number of para-hydroxylation sites is 1. The van der Waals surface area contributed by atoms with E-state index in [0.717, 1.165) is 30.7 Å². The smallest absolute Gasteiger partial charge is 0.274 e. The molecular weight excluding hydrogens is 328 g/mol. The van der Waals surface area contributed by atoms with Crippen molar-refractivity contribution in [1.82, 2.24) is 20.3 Å². The molecule has 4 rings (SSSR count). The minimum atomic E-state index is -0.235. The summed E-state index contributed by atoms with van der Waals surface area (Å²) in [6.07, 6.45) is 2.10. The van der Waals surface area contributed by atoms with Crippen LogP contribution >= 0.6 is 0 Å². The second-order valence-corrected chi connectivity index (χ2v) is 6.25. The van der Waals surface area contributed by atoms with Gasteiger partial charge in [-0.05, 0) is 25.0 Å². The molecule has 0 spiro atoms. The molecule has 1 atom stereocenters. The predicted octanol–water partition coefficient (Wildman–Crippen LogP) is 2.84. The Morgan fingerprint density at radius 3 is 2.54 bits per heavy atom. The molecule has 26 heavy (non-hydrogen) atoms. The van der Waals surface area contributed by atoms with Crippen LogP contribution in [0.5, 0.6) is 0 Å². The Morgan fingerprint density at radius 1 is 1.12 bits per heavy atom. The highest BCUT2D eigenvalue weighted by atomic mass is 16.5. The Bertz CT molecular complexity index is 871. The molecule has 3 aromatic rings. The molecule has 0 saturated carbocycles. The Labute approximate surface area is 151 Å². The number of hydrogen-bond acceptors (Lipinski definition) is 4. The van der Waals surface area contributed by atoms with Gasteiger partial charge in [-0.25, -0.2) is 4.68 Å². The van der Waals surface area contributed by atoms with E-state index in [9.17, 15) is 4.79 Å². The van der Waals surface area contributed by atoms with Gasteiger partial charge < -0.3 is 10.1 Å². The fraction of sp³-hybridized carbons (Fsp3) is 0.250. The quantitative estimate of drug-likeness (QED) is 0.770. The maximum Gasteiger partial charge on any atom is 0.274 e. The van der Waals surface area contributed by atoms with Crippen LogP contribution in [0.4, 0.5) is 0 Å². The van der Waals surface area contributed by atoms with Crippen molar-refractivity contribution in [3.8, 4) is 16.9 Å². The molecule has 0 aliphatic carbocycles. The molecule has 1 aliphatic heterocycles. The Hall–Kier alpha value is -2.99. The molecule has 1 fully saturated rings. The van der Waals surface area contributed by atoms with Gasteiger partial charge in [0.1, 0.15) is 5.69 Å². The number of nitrogens with one attached hydrogen (secondary N) is 1. The van der Waals surface area contributed by atoms with Gasteiger partial charge >= 0.3 is 0 Å². The Kier molecular flexibility index (Phi) is 4.75. The SMILES string of the molecule is O=C(NCC1CCCO1)c1nnn(-c2ccccc2)c1-c1ccccc1. The number of ether oxygens (including phenoxy) is 1. The van der Waals surface area contributed by atoms with Crippen LogP contribution in [0.25, 0.3) is 16.9 Å². The lowest BCUT2D eigenvalue weighted by Gasteiger charge is -2.11. The van der Waals surface area contributed by atoms with Crippen molar-refractivity contribution in [2.75, 3.05) is 13.2 Å². The first-order valence-corrected chi connectivity index (χ1v) is 8.79. The maximum atomic E-state index is 12.8. The summed E-state index contributed by atoms with van der Waals surface area (Å²) in [6, 6.07) is 19.4. The van der Waals surface area contributed by atoms with Crippen molar-refractivity contribution in [3.63, 3.8) is 0 Å². The second kappa shape index (κ2) is 7.49. The van der Waals surface area contributed by atoms with Crippen molar-refractivity contribution < 1.29 is 9.53 Å².